The van der Waals surface area contributed by atoms with E-state index in [0.717, 1.165) is 17.3 Å². The van der Waals surface area contributed by atoms with Crippen molar-refractivity contribution in [2.24, 2.45) is 17.3 Å². The van der Waals surface area contributed by atoms with Crippen LogP contribution >= 0.6 is 0 Å². The molecule has 2 rings (SSSR count). The molecule has 0 N–H and O–H groups in total. The summed E-state index contributed by atoms with van der Waals surface area (Å²) in [6.07, 6.45) is 7.49. The van der Waals surface area contributed by atoms with Gasteiger partial charge in [-0.2, -0.15) is 0 Å². The number of likely N-dealkylation sites (tertiary alicyclic amines) is 1. The van der Waals surface area contributed by atoms with Gasteiger partial charge in [-0.3, -0.25) is 0 Å². The fourth-order valence-corrected chi connectivity index (χ4v) is 3.50. The quantitative estimate of drug-likeness (QED) is 0.654. The van der Waals surface area contributed by atoms with Crippen molar-refractivity contribution in [2.45, 2.75) is 46.0 Å². The Morgan fingerprint density at radius 1 is 1.21 bits per heavy atom. The Hall–Kier alpha value is -0.0400. The van der Waals surface area contributed by atoms with Gasteiger partial charge in [-0.25, -0.2) is 0 Å². The molecule has 0 radical (unpaired) electrons. The molecule has 1 heterocycles. The fraction of sp³-hybridized carbons (Fsp3) is 1.00. The predicted molar refractivity (Wildman–Crippen MR) is 61.3 cm³/mol. The van der Waals surface area contributed by atoms with Crippen molar-refractivity contribution < 1.29 is 0 Å². The Morgan fingerprint density at radius 2 is 1.79 bits per heavy atom. The van der Waals surface area contributed by atoms with Gasteiger partial charge in [-0.15, -0.1) is 0 Å². The first kappa shape index (κ1) is 10.5. The second-order valence-corrected chi connectivity index (χ2v) is 6.21. The van der Waals surface area contributed by atoms with Crippen LogP contribution in [0.4, 0.5) is 0 Å². The summed E-state index contributed by atoms with van der Waals surface area (Å²) in [4.78, 5) is 2.49. The lowest BCUT2D eigenvalue weighted by Gasteiger charge is -2.52. The second-order valence-electron chi connectivity index (χ2n) is 6.21. The molecule has 1 spiro atoms. The van der Waals surface area contributed by atoms with Gasteiger partial charge in [-0.05, 0) is 69.5 Å². The minimum atomic E-state index is 0.798. The van der Waals surface area contributed by atoms with E-state index in [0.29, 0.717) is 0 Å². The number of hydrogen-bond acceptors (Lipinski definition) is 1. The summed E-state index contributed by atoms with van der Waals surface area (Å²) in [6, 6.07) is 0. The van der Waals surface area contributed by atoms with Gasteiger partial charge >= 0.3 is 0 Å². The molecule has 1 heteroatoms. The van der Waals surface area contributed by atoms with Crippen LogP contribution in [-0.4, -0.2) is 25.0 Å². The molecule has 2 aliphatic rings. The number of nitrogens with zero attached hydrogens (tertiary/aromatic N) is 1. The molecule has 14 heavy (non-hydrogen) atoms. The van der Waals surface area contributed by atoms with E-state index < -0.39 is 0 Å². The van der Waals surface area contributed by atoms with Crippen molar-refractivity contribution in [1.29, 1.82) is 0 Å². The van der Waals surface area contributed by atoms with Crippen molar-refractivity contribution in [3.05, 3.63) is 0 Å². The van der Waals surface area contributed by atoms with E-state index in [-0.39, 0.29) is 0 Å². The molecule has 0 unspecified atom stereocenters. The standard InChI is InChI=1S/C13H25N/c1-11(2)8-12-9-13(10-12)4-6-14(3)7-5-13/h11-12H,4-10H2,1-3H3. The lowest BCUT2D eigenvalue weighted by atomic mass is 9.56. The van der Waals surface area contributed by atoms with Gasteiger partial charge < -0.3 is 4.90 Å². The summed E-state index contributed by atoms with van der Waals surface area (Å²) in [5.41, 5.74) is 0.798. The van der Waals surface area contributed by atoms with Gasteiger partial charge in [0.2, 0.25) is 0 Å². The zero-order valence-corrected chi connectivity index (χ0v) is 10.1. The summed E-state index contributed by atoms with van der Waals surface area (Å²) in [5, 5.41) is 0. The van der Waals surface area contributed by atoms with Crippen LogP contribution in [0, 0.1) is 17.3 Å². The molecular formula is C13H25N. The van der Waals surface area contributed by atoms with E-state index >= 15 is 0 Å². The fourth-order valence-electron chi connectivity index (χ4n) is 3.50. The van der Waals surface area contributed by atoms with Crippen molar-refractivity contribution in [3.8, 4) is 0 Å². The lowest BCUT2D eigenvalue weighted by Crippen LogP contribution is -2.46. The van der Waals surface area contributed by atoms with Crippen molar-refractivity contribution >= 4 is 0 Å². The Morgan fingerprint density at radius 3 is 2.29 bits per heavy atom. The van der Waals surface area contributed by atoms with Crippen LogP contribution in [-0.2, 0) is 0 Å². The van der Waals surface area contributed by atoms with Crippen LogP contribution in [0.25, 0.3) is 0 Å². The molecule has 1 nitrogen and oxygen atoms in total. The van der Waals surface area contributed by atoms with Crippen LogP contribution < -0.4 is 0 Å². The molecule has 0 amide bonds. The first-order valence-electron chi connectivity index (χ1n) is 6.28. The average Bonchev–Trinajstić information content (AvgIpc) is 2.05. The molecule has 0 aromatic carbocycles. The predicted octanol–water partition coefficient (Wildman–Crippen LogP) is 3.15. The molecule has 0 aromatic heterocycles. The Balaban J connectivity index is 1.75. The van der Waals surface area contributed by atoms with E-state index in [1.54, 1.807) is 12.8 Å². The summed E-state index contributed by atoms with van der Waals surface area (Å²) in [6.45, 7) is 7.40. The molecule has 2 fully saturated rings. The van der Waals surface area contributed by atoms with Crippen LogP contribution in [0.1, 0.15) is 46.0 Å². The van der Waals surface area contributed by atoms with Crippen molar-refractivity contribution in [3.63, 3.8) is 0 Å². The van der Waals surface area contributed by atoms with Crippen LogP contribution in [0.3, 0.4) is 0 Å². The molecule has 1 aliphatic heterocycles. The highest BCUT2D eigenvalue weighted by Crippen LogP contribution is 2.54. The maximum Gasteiger partial charge on any atom is -0.00165 e. The van der Waals surface area contributed by atoms with Crippen LogP contribution in [0.15, 0.2) is 0 Å². The topological polar surface area (TPSA) is 3.24 Å². The van der Waals surface area contributed by atoms with Crippen molar-refractivity contribution in [2.75, 3.05) is 20.1 Å². The van der Waals surface area contributed by atoms with E-state index in [1.807, 2.05) is 0 Å². The minimum Gasteiger partial charge on any atom is -0.306 e. The third kappa shape index (κ3) is 2.13. The first-order valence-corrected chi connectivity index (χ1v) is 6.28. The first-order chi connectivity index (χ1) is 6.60. The molecule has 1 saturated carbocycles. The van der Waals surface area contributed by atoms with Crippen LogP contribution in [0.5, 0.6) is 0 Å². The zero-order valence-electron chi connectivity index (χ0n) is 10.1. The lowest BCUT2D eigenvalue weighted by molar-refractivity contribution is -0.0146. The van der Waals surface area contributed by atoms with Gasteiger partial charge in [0, 0.05) is 0 Å². The maximum absolute atomic E-state index is 2.49. The number of hydrogen-bond donors (Lipinski definition) is 0. The smallest absolute Gasteiger partial charge is 0.00165 e. The summed E-state index contributed by atoms with van der Waals surface area (Å²) >= 11 is 0. The maximum atomic E-state index is 2.49. The molecule has 1 aliphatic carbocycles. The van der Waals surface area contributed by atoms with Crippen molar-refractivity contribution in [1.82, 2.24) is 4.90 Å². The summed E-state index contributed by atoms with van der Waals surface area (Å²) < 4.78 is 0. The van der Waals surface area contributed by atoms with Gasteiger partial charge in [0.15, 0.2) is 0 Å². The second kappa shape index (κ2) is 3.84. The van der Waals surface area contributed by atoms with Crippen LogP contribution in [0.2, 0.25) is 0 Å². The van der Waals surface area contributed by atoms with E-state index in [4.69, 9.17) is 0 Å². The molecular weight excluding hydrogens is 170 g/mol. The number of rotatable bonds is 2. The van der Waals surface area contributed by atoms with Gasteiger partial charge in [-0.1, -0.05) is 13.8 Å². The Bertz CT molecular complexity index is 181. The molecule has 82 valence electrons. The number of piperidine rings is 1. The zero-order chi connectivity index (χ0) is 10.2. The average molecular weight is 195 g/mol. The largest absolute Gasteiger partial charge is 0.306 e. The van der Waals surface area contributed by atoms with Gasteiger partial charge in [0.25, 0.3) is 0 Å². The van der Waals surface area contributed by atoms with E-state index in [9.17, 15) is 0 Å². The minimum absolute atomic E-state index is 0.798. The van der Waals surface area contributed by atoms with E-state index in [2.05, 4.69) is 25.8 Å². The normalized spacial score (nSPS) is 28.3. The molecule has 0 aromatic rings. The van der Waals surface area contributed by atoms with Gasteiger partial charge in [0.05, 0.1) is 0 Å². The molecule has 1 saturated heterocycles. The third-order valence-corrected chi connectivity index (χ3v) is 4.30. The Labute approximate surface area is 88.9 Å². The summed E-state index contributed by atoms with van der Waals surface area (Å²) in [5.74, 6) is 1.97. The highest BCUT2D eigenvalue weighted by atomic mass is 15.1. The monoisotopic (exact) mass is 195 g/mol. The highest BCUT2D eigenvalue weighted by Gasteiger charge is 2.44. The Kier molecular flexibility index (Phi) is 2.88. The molecule has 0 bridgehead atoms. The SMILES string of the molecule is CC(C)CC1CC2(CCN(C)CC2)C1. The third-order valence-electron chi connectivity index (χ3n) is 4.30. The highest BCUT2D eigenvalue weighted by molar-refractivity contribution is 4.96. The molecule has 0 atom stereocenters. The summed E-state index contributed by atoms with van der Waals surface area (Å²) in [7, 11) is 2.26. The van der Waals surface area contributed by atoms with E-state index in [1.165, 1.54) is 32.4 Å². The van der Waals surface area contributed by atoms with Gasteiger partial charge in [0.1, 0.15) is 0 Å².